The lowest BCUT2D eigenvalue weighted by atomic mass is 10.3. The SMILES string of the molecule is CC1CN(C(=O)N2CCN(CC(=O)O)CC2)CCO1. The molecule has 1 unspecified atom stereocenters. The van der Waals surface area contributed by atoms with E-state index in [0.717, 1.165) is 0 Å². The molecule has 2 rings (SSSR count). The number of morpholine rings is 1. The normalized spacial score (nSPS) is 25.4. The summed E-state index contributed by atoms with van der Waals surface area (Å²) in [6.07, 6.45) is 0.0889. The van der Waals surface area contributed by atoms with Crippen LogP contribution < -0.4 is 0 Å². The zero-order valence-electron chi connectivity index (χ0n) is 11.2. The minimum absolute atomic E-state index is 0.0464. The minimum Gasteiger partial charge on any atom is -0.480 e. The maximum absolute atomic E-state index is 12.3. The smallest absolute Gasteiger partial charge is 0.320 e. The van der Waals surface area contributed by atoms with E-state index in [0.29, 0.717) is 45.9 Å². The van der Waals surface area contributed by atoms with Crippen molar-refractivity contribution in [3.63, 3.8) is 0 Å². The van der Waals surface area contributed by atoms with Gasteiger partial charge in [-0.25, -0.2) is 4.79 Å². The largest absolute Gasteiger partial charge is 0.480 e. The molecule has 2 amide bonds. The van der Waals surface area contributed by atoms with E-state index in [2.05, 4.69) is 0 Å². The molecule has 0 aliphatic carbocycles. The van der Waals surface area contributed by atoms with E-state index in [9.17, 15) is 9.59 Å². The number of ether oxygens (including phenoxy) is 1. The summed E-state index contributed by atoms with van der Waals surface area (Å²) in [5, 5.41) is 8.73. The van der Waals surface area contributed by atoms with Gasteiger partial charge in [-0.3, -0.25) is 9.69 Å². The molecule has 0 radical (unpaired) electrons. The third kappa shape index (κ3) is 3.81. The molecule has 2 heterocycles. The molecule has 1 atom stereocenters. The van der Waals surface area contributed by atoms with Crippen LogP contribution in [0, 0.1) is 0 Å². The molecule has 2 fully saturated rings. The van der Waals surface area contributed by atoms with Crippen LogP contribution in [0.1, 0.15) is 6.92 Å². The number of hydrogen-bond acceptors (Lipinski definition) is 4. The quantitative estimate of drug-likeness (QED) is 0.735. The van der Waals surface area contributed by atoms with Gasteiger partial charge >= 0.3 is 12.0 Å². The van der Waals surface area contributed by atoms with Crippen molar-refractivity contribution in [2.45, 2.75) is 13.0 Å². The van der Waals surface area contributed by atoms with Crippen molar-refractivity contribution in [3.05, 3.63) is 0 Å². The Kier molecular flexibility index (Phi) is 4.60. The first-order valence-electron chi connectivity index (χ1n) is 6.66. The van der Waals surface area contributed by atoms with Gasteiger partial charge in [-0.05, 0) is 6.92 Å². The maximum atomic E-state index is 12.3. The molecule has 2 aliphatic rings. The molecule has 0 bridgehead atoms. The summed E-state index contributed by atoms with van der Waals surface area (Å²) in [4.78, 5) is 28.4. The standard InChI is InChI=1S/C12H21N3O4/c1-10-8-15(6-7-19-10)12(18)14-4-2-13(3-5-14)9-11(16)17/h10H,2-9H2,1H3,(H,16,17). The van der Waals surface area contributed by atoms with Crippen LogP contribution in [0.25, 0.3) is 0 Å². The highest BCUT2D eigenvalue weighted by Gasteiger charge is 2.28. The number of carbonyl (C=O) groups excluding carboxylic acids is 1. The molecule has 0 aromatic heterocycles. The van der Waals surface area contributed by atoms with Crippen molar-refractivity contribution in [3.8, 4) is 0 Å². The average Bonchev–Trinajstić information content (AvgIpc) is 2.38. The molecule has 7 nitrogen and oxygen atoms in total. The predicted octanol–water partition coefficient (Wildman–Crippen LogP) is -0.471. The van der Waals surface area contributed by atoms with E-state index in [1.807, 2.05) is 16.7 Å². The van der Waals surface area contributed by atoms with Crippen molar-refractivity contribution < 1.29 is 19.4 Å². The van der Waals surface area contributed by atoms with E-state index in [1.54, 1.807) is 4.90 Å². The molecule has 0 aromatic carbocycles. The second kappa shape index (κ2) is 6.21. The molecule has 7 heteroatoms. The van der Waals surface area contributed by atoms with Gasteiger partial charge in [0.05, 0.1) is 19.3 Å². The summed E-state index contributed by atoms with van der Waals surface area (Å²) < 4.78 is 5.42. The van der Waals surface area contributed by atoms with Crippen molar-refractivity contribution in [1.82, 2.24) is 14.7 Å². The van der Waals surface area contributed by atoms with Gasteiger partial charge in [0.1, 0.15) is 0 Å². The van der Waals surface area contributed by atoms with E-state index >= 15 is 0 Å². The highest BCUT2D eigenvalue weighted by Crippen LogP contribution is 2.10. The van der Waals surface area contributed by atoms with Crippen LogP contribution in [-0.2, 0) is 9.53 Å². The van der Waals surface area contributed by atoms with Crippen LogP contribution in [0.4, 0.5) is 4.79 Å². The zero-order chi connectivity index (χ0) is 13.8. The Morgan fingerprint density at radius 1 is 1.16 bits per heavy atom. The number of urea groups is 1. The van der Waals surface area contributed by atoms with Crippen LogP contribution in [0.3, 0.4) is 0 Å². The van der Waals surface area contributed by atoms with E-state index in [-0.39, 0.29) is 18.7 Å². The summed E-state index contributed by atoms with van der Waals surface area (Å²) in [5.74, 6) is -0.818. The van der Waals surface area contributed by atoms with Gasteiger partial charge in [0.2, 0.25) is 0 Å². The summed E-state index contributed by atoms with van der Waals surface area (Å²) in [7, 11) is 0. The first-order chi connectivity index (χ1) is 9.06. The first kappa shape index (κ1) is 14.1. The molecule has 0 spiro atoms. The fourth-order valence-electron chi connectivity index (χ4n) is 2.48. The van der Waals surface area contributed by atoms with Crippen LogP contribution in [0.5, 0.6) is 0 Å². The second-order valence-electron chi connectivity index (χ2n) is 5.07. The van der Waals surface area contributed by atoms with Crippen molar-refractivity contribution in [2.24, 2.45) is 0 Å². The number of aliphatic carboxylic acids is 1. The predicted molar refractivity (Wildman–Crippen MR) is 68.0 cm³/mol. The topological polar surface area (TPSA) is 73.3 Å². The van der Waals surface area contributed by atoms with Crippen molar-refractivity contribution in [2.75, 3.05) is 52.4 Å². The Morgan fingerprint density at radius 2 is 1.84 bits per heavy atom. The second-order valence-corrected chi connectivity index (χ2v) is 5.07. The van der Waals surface area contributed by atoms with E-state index in [1.165, 1.54) is 0 Å². The van der Waals surface area contributed by atoms with Crippen LogP contribution >= 0.6 is 0 Å². The Balaban J connectivity index is 1.80. The van der Waals surface area contributed by atoms with Gasteiger partial charge in [-0.2, -0.15) is 0 Å². The number of piperazine rings is 1. The summed E-state index contributed by atoms with van der Waals surface area (Å²) in [5.41, 5.74) is 0. The number of carbonyl (C=O) groups is 2. The van der Waals surface area contributed by atoms with Crippen LogP contribution in [0.15, 0.2) is 0 Å². The molecule has 0 saturated carbocycles. The Bertz CT molecular complexity index is 342. The molecule has 2 aliphatic heterocycles. The number of carboxylic acids is 1. The van der Waals surface area contributed by atoms with E-state index in [4.69, 9.17) is 9.84 Å². The number of rotatable bonds is 2. The number of hydrogen-bond donors (Lipinski definition) is 1. The van der Waals surface area contributed by atoms with Gasteiger partial charge < -0.3 is 19.6 Å². The minimum atomic E-state index is -0.818. The molecular formula is C12H21N3O4. The molecule has 1 N–H and O–H groups in total. The molecule has 19 heavy (non-hydrogen) atoms. The van der Waals surface area contributed by atoms with E-state index < -0.39 is 5.97 Å². The number of nitrogens with zero attached hydrogens (tertiary/aromatic N) is 3. The van der Waals surface area contributed by atoms with Gasteiger partial charge in [-0.15, -0.1) is 0 Å². The van der Waals surface area contributed by atoms with Crippen molar-refractivity contribution in [1.29, 1.82) is 0 Å². The summed E-state index contributed by atoms with van der Waals surface area (Å²) in [6.45, 7) is 6.31. The molecular weight excluding hydrogens is 250 g/mol. The Labute approximate surface area is 112 Å². The highest BCUT2D eigenvalue weighted by molar-refractivity contribution is 5.75. The van der Waals surface area contributed by atoms with Gasteiger partial charge in [0.15, 0.2) is 0 Å². The lowest BCUT2D eigenvalue weighted by Gasteiger charge is -2.39. The highest BCUT2D eigenvalue weighted by atomic mass is 16.5. The number of amides is 2. The summed E-state index contributed by atoms with van der Waals surface area (Å²) in [6, 6.07) is 0.0464. The van der Waals surface area contributed by atoms with Gasteiger partial charge in [-0.1, -0.05) is 0 Å². The Morgan fingerprint density at radius 3 is 2.42 bits per heavy atom. The first-order valence-corrected chi connectivity index (χ1v) is 6.66. The lowest BCUT2D eigenvalue weighted by molar-refractivity contribution is -0.138. The lowest BCUT2D eigenvalue weighted by Crippen LogP contribution is -2.56. The van der Waals surface area contributed by atoms with Gasteiger partial charge in [0.25, 0.3) is 0 Å². The zero-order valence-corrected chi connectivity index (χ0v) is 11.2. The third-order valence-electron chi connectivity index (χ3n) is 3.51. The third-order valence-corrected chi connectivity index (χ3v) is 3.51. The number of carboxylic acid groups (broad SMARTS) is 1. The maximum Gasteiger partial charge on any atom is 0.320 e. The van der Waals surface area contributed by atoms with Crippen LogP contribution in [-0.4, -0.2) is 90.3 Å². The van der Waals surface area contributed by atoms with Gasteiger partial charge in [0, 0.05) is 39.3 Å². The molecule has 2 saturated heterocycles. The monoisotopic (exact) mass is 271 g/mol. The average molecular weight is 271 g/mol. The fourth-order valence-corrected chi connectivity index (χ4v) is 2.48. The molecule has 108 valence electrons. The van der Waals surface area contributed by atoms with Crippen LogP contribution in [0.2, 0.25) is 0 Å². The molecule has 0 aromatic rings. The Hall–Kier alpha value is -1.34. The van der Waals surface area contributed by atoms with Crippen molar-refractivity contribution >= 4 is 12.0 Å². The fraction of sp³-hybridized carbons (Fsp3) is 0.833. The summed E-state index contributed by atoms with van der Waals surface area (Å²) >= 11 is 0.